The molecular formula is C32H29FNO5S+. The highest BCUT2D eigenvalue weighted by Gasteiger charge is 2.51. The van der Waals surface area contributed by atoms with E-state index in [1.54, 1.807) is 61.7 Å². The summed E-state index contributed by atoms with van der Waals surface area (Å²) in [6, 6.07) is 25.8. The topological polar surface area (TPSA) is 83.7 Å². The molecule has 5 rings (SSSR count). The Morgan fingerprint density at radius 2 is 1.68 bits per heavy atom. The molecule has 0 aliphatic carbocycles. The molecule has 6 nitrogen and oxygen atoms in total. The number of benzene rings is 4. The quantitative estimate of drug-likeness (QED) is 0.258. The first-order valence-corrected chi connectivity index (χ1v) is 14.4. The van der Waals surface area contributed by atoms with Gasteiger partial charge in [0, 0.05) is 18.2 Å². The van der Waals surface area contributed by atoms with E-state index in [9.17, 15) is 22.7 Å². The lowest BCUT2D eigenvalue weighted by Crippen LogP contribution is -2.33. The predicted octanol–water partition coefficient (Wildman–Crippen LogP) is 6.61. The molecule has 8 heteroatoms. The van der Waals surface area contributed by atoms with Gasteiger partial charge in [-0.25, -0.2) is 17.6 Å². The fourth-order valence-corrected chi connectivity index (χ4v) is 6.47. The van der Waals surface area contributed by atoms with E-state index in [-0.39, 0.29) is 17.2 Å². The molecule has 0 spiro atoms. The molecule has 1 N–H and O–H groups in total. The lowest BCUT2D eigenvalue weighted by Gasteiger charge is -2.16. The van der Waals surface area contributed by atoms with Crippen LogP contribution < -0.4 is 9.31 Å². The summed E-state index contributed by atoms with van der Waals surface area (Å²) in [5, 5.41) is 8.81. The van der Waals surface area contributed by atoms with E-state index in [1.165, 1.54) is 18.2 Å². The molecule has 1 heterocycles. The molecule has 4 aromatic rings. The van der Waals surface area contributed by atoms with Crippen LogP contribution >= 0.6 is 0 Å². The Hall–Kier alpha value is -4.30. The molecule has 0 radical (unpaired) electrons. The summed E-state index contributed by atoms with van der Waals surface area (Å²) in [4.78, 5) is 11.6. The number of ether oxygens (including phenoxy) is 1. The summed E-state index contributed by atoms with van der Waals surface area (Å²) in [5.41, 5.74) is 3.77. The van der Waals surface area contributed by atoms with Crippen molar-refractivity contribution in [3.63, 3.8) is 0 Å². The number of carboxylic acids is 1. The van der Waals surface area contributed by atoms with Crippen LogP contribution in [-0.2, 0) is 16.4 Å². The van der Waals surface area contributed by atoms with Gasteiger partial charge >= 0.3 is 5.97 Å². The summed E-state index contributed by atoms with van der Waals surface area (Å²) < 4.78 is 50.5. The predicted molar refractivity (Wildman–Crippen MR) is 154 cm³/mol. The van der Waals surface area contributed by atoms with Crippen molar-refractivity contribution < 1.29 is 27.4 Å². The molecule has 0 fully saturated rings. The first kappa shape index (κ1) is 27.3. The van der Waals surface area contributed by atoms with E-state index >= 15 is 0 Å². The molecule has 1 atom stereocenters. The highest BCUT2D eigenvalue weighted by Crippen LogP contribution is 2.48. The van der Waals surface area contributed by atoms with Gasteiger partial charge in [0.2, 0.25) is 21.2 Å². The third-order valence-electron chi connectivity index (χ3n) is 7.08. The van der Waals surface area contributed by atoms with Crippen LogP contribution in [0.1, 0.15) is 52.4 Å². The van der Waals surface area contributed by atoms with E-state index in [0.29, 0.717) is 33.8 Å². The van der Waals surface area contributed by atoms with Crippen molar-refractivity contribution >= 4 is 32.2 Å². The molecule has 1 unspecified atom stereocenters. The van der Waals surface area contributed by atoms with Crippen LogP contribution in [0.3, 0.4) is 0 Å². The molecule has 4 aromatic carbocycles. The SMILES string of the molecule is Cc1cc([N+]2=C(S(=O)(=O)C(C)C)C(c3ccc(C(=O)O)cc3)c3c(OCc4ccccc4)cccc32)ccc1F. The molecule has 40 heavy (non-hydrogen) atoms. The Labute approximate surface area is 232 Å². The van der Waals surface area contributed by atoms with Gasteiger partial charge < -0.3 is 9.84 Å². The zero-order valence-electron chi connectivity index (χ0n) is 22.3. The van der Waals surface area contributed by atoms with Crippen molar-refractivity contribution in [2.75, 3.05) is 0 Å². The lowest BCUT2D eigenvalue weighted by atomic mass is 9.91. The first-order chi connectivity index (χ1) is 19.1. The Balaban J connectivity index is 1.79. The summed E-state index contributed by atoms with van der Waals surface area (Å²) in [6.07, 6.45) is 0. The summed E-state index contributed by atoms with van der Waals surface area (Å²) in [6.45, 7) is 5.14. The van der Waals surface area contributed by atoms with Gasteiger partial charge in [0.05, 0.1) is 16.4 Å². The van der Waals surface area contributed by atoms with Crippen molar-refractivity contribution in [1.29, 1.82) is 0 Å². The highest BCUT2D eigenvalue weighted by atomic mass is 32.2. The standard InChI is InChI=1S/C32H28FNO5S/c1-20(2)40(37,38)31-29(23-12-14-24(15-13-23)32(35)36)30-27(34(31)25-16-17-26(33)21(3)18-25)10-7-11-28(30)39-19-22-8-5-4-6-9-22/h4-18,20,29H,19H2,1-3H3/p+1. The van der Waals surface area contributed by atoms with E-state index in [2.05, 4.69) is 0 Å². The van der Waals surface area contributed by atoms with Crippen molar-refractivity contribution in [2.45, 2.75) is 38.5 Å². The maximum atomic E-state index is 14.3. The van der Waals surface area contributed by atoms with Gasteiger partial charge in [0.1, 0.15) is 24.1 Å². The van der Waals surface area contributed by atoms with Gasteiger partial charge in [-0.2, -0.15) is 0 Å². The van der Waals surface area contributed by atoms with E-state index in [0.717, 1.165) is 5.56 Å². The summed E-state index contributed by atoms with van der Waals surface area (Å²) in [5.74, 6) is -1.75. The molecule has 204 valence electrons. The second-order valence-electron chi connectivity index (χ2n) is 10.0. The number of carbonyl (C=O) groups is 1. The lowest BCUT2D eigenvalue weighted by molar-refractivity contribution is 0.0697. The molecule has 0 saturated heterocycles. The van der Waals surface area contributed by atoms with Gasteiger partial charge in [-0.05, 0) is 61.7 Å². The highest BCUT2D eigenvalue weighted by molar-refractivity contribution is 8.07. The number of nitrogens with zero attached hydrogens (tertiary/aromatic N) is 1. The maximum absolute atomic E-state index is 14.3. The summed E-state index contributed by atoms with van der Waals surface area (Å²) >= 11 is 0. The fraction of sp³-hybridized carbons (Fsp3) is 0.188. The monoisotopic (exact) mass is 558 g/mol. The minimum absolute atomic E-state index is 0.0925. The molecule has 0 aromatic heterocycles. The van der Waals surface area contributed by atoms with Crippen LogP contribution in [0.4, 0.5) is 15.8 Å². The molecule has 0 amide bonds. The number of sulfone groups is 1. The second kappa shape index (κ2) is 10.7. The second-order valence-corrected chi connectivity index (χ2v) is 12.5. The zero-order valence-corrected chi connectivity index (χ0v) is 23.2. The number of rotatable bonds is 7. The van der Waals surface area contributed by atoms with Crippen LogP contribution in [0.5, 0.6) is 5.75 Å². The van der Waals surface area contributed by atoms with Crippen LogP contribution in [0.15, 0.2) is 91.0 Å². The minimum atomic E-state index is -3.90. The van der Waals surface area contributed by atoms with E-state index < -0.39 is 32.8 Å². The van der Waals surface area contributed by atoms with Gasteiger partial charge in [-0.15, -0.1) is 4.58 Å². The van der Waals surface area contributed by atoms with Crippen LogP contribution in [0.2, 0.25) is 0 Å². The van der Waals surface area contributed by atoms with Crippen LogP contribution in [0, 0.1) is 12.7 Å². The molecule has 1 aliphatic heterocycles. The number of hydrogen-bond acceptors (Lipinski definition) is 4. The Morgan fingerprint density at radius 3 is 2.30 bits per heavy atom. The Bertz CT molecular complexity index is 1730. The Morgan fingerprint density at radius 1 is 0.975 bits per heavy atom. The molecule has 0 bridgehead atoms. The van der Waals surface area contributed by atoms with Crippen molar-refractivity contribution in [2.24, 2.45) is 0 Å². The van der Waals surface area contributed by atoms with Crippen LogP contribution in [0.25, 0.3) is 0 Å². The first-order valence-electron chi connectivity index (χ1n) is 12.9. The summed E-state index contributed by atoms with van der Waals surface area (Å²) in [7, 11) is -3.90. The third-order valence-corrected chi connectivity index (χ3v) is 9.32. The number of fused-ring (bicyclic) bond motifs is 1. The number of hydrogen-bond donors (Lipinski definition) is 1. The molecule has 0 saturated carbocycles. The Kier molecular flexibility index (Phi) is 7.29. The zero-order chi connectivity index (χ0) is 28.6. The number of aryl methyl sites for hydroxylation is 1. The number of aromatic carboxylic acids is 1. The van der Waals surface area contributed by atoms with Gasteiger partial charge in [-0.3, -0.25) is 0 Å². The molecular weight excluding hydrogens is 529 g/mol. The number of carboxylic acid groups (broad SMARTS) is 1. The number of halogens is 1. The van der Waals surface area contributed by atoms with E-state index in [1.807, 2.05) is 36.4 Å². The maximum Gasteiger partial charge on any atom is 0.335 e. The van der Waals surface area contributed by atoms with Crippen molar-refractivity contribution in [3.8, 4) is 5.75 Å². The minimum Gasteiger partial charge on any atom is -0.488 e. The van der Waals surface area contributed by atoms with Gasteiger partial charge in [-0.1, -0.05) is 48.5 Å². The van der Waals surface area contributed by atoms with Crippen LogP contribution in [-0.4, -0.2) is 29.8 Å². The largest absolute Gasteiger partial charge is 0.488 e. The average molecular weight is 559 g/mol. The molecule has 1 aliphatic rings. The van der Waals surface area contributed by atoms with Crippen molar-refractivity contribution in [3.05, 3.63) is 125 Å². The third kappa shape index (κ3) is 4.91. The van der Waals surface area contributed by atoms with Crippen molar-refractivity contribution in [1.82, 2.24) is 4.58 Å². The normalized spacial score (nSPS) is 14.9. The fourth-order valence-electron chi connectivity index (χ4n) is 4.94. The van der Waals surface area contributed by atoms with Gasteiger partial charge in [0.25, 0.3) is 5.04 Å². The smallest absolute Gasteiger partial charge is 0.335 e. The van der Waals surface area contributed by atoms with E-state index in [4.69, 9.17) is 4.74 Å². The van der Waals surface area contributed by atoms with Gasteiger partial charge in [0.15, 0.2) is 0 Å². The average Bonchev–Trinajstić information content (AvgIpc) is 3.30.